The second-order valence-electron chi connectivity index (χ2n) is 6.69. The molecule has 3 aromatic rings. The Balaban J connectivity index is 1.66. The molecule has 1 amide bonds. The Morgan fingerprint density at radius 3 is 2.68 bits per heavy atom. The first-order valence-corrected chi connectivity index (χ1v) is 8.58. The summed E-state index contributed by atoms with van der Waals surface area (Å²) in [7, 11) is 0. The number of rotatable bonds is 5. The van der Waals surface area contributed by atoms with E-state index in [-0.39, 0.29) is 28.6 Å². The van der Waals surface area contributed by atoms with Crippen LogP contribution in [0.1, 0.15) is 52.6 Å². The number of benzene rings is 1. The number of carbonyl (C=O) groups excluding carboxylic acids is 1. The molecule has 0 atom stereocenters. The predicted octanol–water partition coefficient (Wildman–Crippen LogP) is 4.01. The van der Waals surface area contributed by atoms with Gasteiger partial charge in [0.15, 0.2) is 11.3 Å². The maximum Gasteiger partial charge on any atom is 0.280 e. The van der Waals surface area contributed by atoms with Crippen molar-refractivity contribution in [3.8, 4) is 0 Å². The fourth-order valence-corrected chi connectivity index (χ4v) is 2.96. The standard InChI is InChI=1S/C18H15F2N5O3/c1-9-6-11(25(27)28)4-5-12(9)22-18(26)14-8-16-21-13(10-2-3-10)7-15(17(19)20)24(16)23-14/h4-8,10,17H,2-3H2,1H3,(H,22,26). The molecule has 2 aromatic heterocycles. The van der Waals surface area contributed by atoms with Gasteiger partial charge in [-0.25, -0.2) is 18.3 Å². The number of fused-ring (bicyclic) bond motifs is 1. The molecule has 4 rings (SSSR count). The number of carbonyl (C=O) groups is 1. The highest BCUT2D eigenvalue weighted by atomic mass is 19.3. The number of nitro benzene ring substituents is 1. The van der Waals surface area contributed by atoms with Gasteiger partial charge in [0.05, 0.1) is 4.92 Å². The van der Waals surface area contributed by atoms with E-state index in [0.717, 1.165) is 17.4 Å². The van der Waals surface area contributed by atoms with Crippen LogP contribution < -0.4 is 5.32 Å². The number of amides is 1. The van der Waals surface area contributed by atoms with E-state index in [2.05, 4.69) is 15.4 Å². The molecule has 28 heavy (non-hydrogen) atoms. The van der Waals surface area contributed by atoms with Crippen molar-refractivity contribution in [2.24, 2.45) is 0 Å². The monoisotopic (exact) mass is 387 g/mol. The molecule has 0 radical (unpaired) electrons. The number of hydrogen-bond donors (Lipinski definition) is 1. The molecule has 1 fully saturated rings. The number of anilines is 1. The molecule has 0 saturated heterocycles. The lowest BCUT2D eigenvalue weighted by atomic mass is 10.1. The number of aryl methyl sites for hydroxylation is 1. The summed E-state index contributed by atoms with van der Waals surface area (Å²) in [5.41, 5.74) is 1.16. The molecule has 2 heterocycles. The first kappa shape index (κ1) is 18.0. The Morgan fingerprint density at radius 1 is 1.32 bits per heavy atom. The number of nitro groups is 1. The molecule has 10 heteroatoms. The van der Waals surface area contributed by atoms with E-state index < -0.39 is 17.3 Å². The average Bonchev–Trinajstić information content (AvgIpc) is 3.40. The van der Waals surface area contributed by atoms with Crippen molar-refractivity contribution in [2.75, 3.05) is 5.32 Å². The van der Waals surface area contributed by atoms with Crippen molar-refractivity contribution in [3.05, 3.63) is 63.1 Å². The molecule has 0 spiro atoms. The van der Waals surface area contributed by atoms with Crippen molar-refractivity contribution in [2.45, 2.75) is 32.1 Å². The van der Waals surface area contributed by atoms with Gasteiger partial charge in [0.2, 0.25) is 0 Å². The third-order valence-electron chi connectivity index (χ3n) is 4.60. The summed E-state index contributed by atoms with van der Waals surface area (Å²) in [4.78, 5) is 27.2. The van der Waals surface area contributed by atoms with Crippen molar-refractivity contribution >= 4 is 22.9 Å². The van der Waals surface area contributed by atoms with Gasteiger partial charge in [0, 0.05) is 35.5 Å². The number of nitrogens with zero attached hydrogens (tertiary/aromatic N) is 4. The first-order chi connectivity index (χ1) is 13.3. The molecule has 1 aliphatic carbocycles. The van der Waals surface area contributed by atoms with Gasteiger partial charge in [0.25, 0.3) is 18.0 Å². The van der Waals surface area contributed by atoms with E-state index in [4.69, 9.17) is 0 Å². The second kappa shape index (κ2) is 6.63. The Morgan fingerprint density at radius 2 is 2.07 bits per heavy atom. The fraction of sp³-hybridized carbons (Fsp3) is 0.278. The van der Waals surface area contributed by atoms with E-state index in [1.165, 1.54) is 30.3 Å². The van der Waals surface area contributed by atoms with Gasteiger partial charge >= 0.3 is 0 Å². The van der Waals surface area contributed by atoms with Gasteiger partial charge in [-0.05, 0) is 37.5 Å². The van der Waals surface area contributed by atoms with E-state index in [0.29, 0.717) is 16.9 Å². The number of nitrogens with one attached hydrogen (secondary N) is 1. The molecule has 1 aliphatic rings. The number of alkyl halides is 2. The molecule has 1 N–H and O–H groups in total. The summed E-state index contributed by atoms with van der Waals surface area (Å²) >= 11 is 0. The van der Waals surface area contributed by atoms with Gasteiger partial charge in [-0.2, -0.15) is 5.10 Å². The maximum absolute atomic E-state index is 13.4. The van der Waals surface area contributed by atoms with Gasteiger partial charge in [-0.15, -0.1) is 0 Å². The summed E-state index contributed by atoms with van der Waals surface area (Å²) in [5, 5.41) is 17.4. The molecule has 1 saturated carbocycles. The smallest absolute Gasteiger partial charge is 0.280 e. The van der Waals surface area contributed by atoms with Gasteiger partial charge < -0.3 is 5.32 Å². The summed E-state index contributed by atoms with van der Waals surface area (Å²) < 4.78 is 27.8. The lowest BCUT2D eigenvalue weighted by molar-refractivity contribution is -0.384. The lowest BCUT2D eigenvalue weighted by Crippen LogP contribution is -2.14. The second-order valence-corrected chi connectivity index (χ2v) is 6.69. The first-order valence-electron chi connectivity index (χ1n) is 8.58. The van der Waals surface area contributed by atoms with E-state index >= 15 is 0 Å². The van der Waals surface area contributed by atoms with Crippen molar-refractivity contribution in [1.82, 2.24) is 14.6 Å². The summed E-state index contributed by atoms with van der Waals surface area (Å²) in [5.74, 6) is -0.437. The van der Waals surface area contributed by atoms with Gasteiger partial charge in [0.1, 0.15) is 5.69 Å². The quantitative estimate of drug-likeness (QED) is 0.526. The van der Waals surface area contributed by atoms with Crippen molar-refractivity contribution in [1.29, 1.82) is 0 Å². The topological polar surface area (TPSA) is 102 Å². The molecule has 0 unspecified atom stereocenters. The molecule has 0 aliphatic heterocycles. The molecule has 1 aromatic carbocycles. The molecular formula is C18H15F2N5O3. The summed E-state index contributed by atoms with van der Waals surface area (Å²) in [6, 6.07) is 6.70. The van der Waals surface area contributed by atoms with Crippen LogP contribution in [-0.4, -0.2) is 25.4 Å². The van der Waals surface area contributed by atoms with Gasteiger partial charge in [-0.1, -0.05) is 0 Å². The highest BCUT2D eigenvalue weighted by Crippen LogP contribution is 2.40. The fourth-order valence-electron chi connectivity index (χ4n) is 2.96. The Kier molecular flexibility index (Phi) is 4.25. The Labute approximate surface area is 157 Å². The van der Waals surface area contributed by atoms with Crippen LogP contribution in [0.3, 0.4) is 0 Å². The van der Waals surface area contributed by atoms with Gasteiger partial charge in [-0.3, -0.25) is 14.9 Å². The van der Waals surface area contributed by atoms with Crippen LogP contribution in [0.2, 0.25) is 0 Å². The normalized spacial score (nSPS) is 13.9. The van der Waals surface area contributed by atoms with E-state index in [9.17, 15) is 23.7 Å². The zero-order valence-electron chi connectivity index (χ0n) is 14.7. The maximum atomic E-state index is 13.4. The summed E-state index contributed by atoms with van der Waals surface area (Å²) in [6.07, 6.45) is -0.935. The van der Waals surface area contributed by atoms with Crippen LogP contribution in [-0.2, 0) is 0 Å². The van der Waals surface area contributed by atoms with Crippen LogP contribution in [0.4, 0.5) is 20.2 Å². The lowest BCUT2D eigenvalue weighted by Gasteiger charge is -2.07. The zero-order chi connectivity index (χ0) is 20.0. The Bertz CT molecular complexity index is 1110. The predicted molar refractivity (Wildman–Crippen MR) is 95.7 cm³/mol. The molecular weight excluding hydrogens is 372 g/mol. The molecule has 0 bridgehead atoms. The largest absolute Gasteiger partial charge is 0.320 e. The van der Waals surface area contributed by atoms with Crippen LogP contribution in [0.25, 0.3) is 5.65 Å². The highest BCUT2D eigenvalue weighted by Gasteiger charge is 2.28. The summed E-state index contributed by atoms with van der Waals surface area (Å²) in [6.45, 7) is 1.62. The minimum atomic E-state index is -2.75. The molecule has 144 valence electrons. The van der Waals surface area contributed by atoms with E-state index in [1.54, 1.807) is 6.92 Å². The van der Waals surface area contributed by atoms with Crippen molar-refractivity contribution in [3.63, 3.8) is 0 Å². The SMILES string of the molecule is Cc1cc([N+](=O)[O-])ccc1NC(=O)c1cc2nc(C3CC3)cc(C(F)F)n2n1. The molecule has 8 nitrogen and oxygen atoms in total. The Hall–Kier alpha value is -3.43. The van der Waals surface area contributed by atoms with E-state index in [1.807, 2.05) is 0 Å². The minimum absolute atomic E-state index is 0.0694. The van der Waals surface area contributed by atoms with Crippen LogP contribution in [0.15, 0.2) is 30.3 Å². The third kappa shape index (κ3) is 3.28. The average molecular weight is 387 g/mol. The minimum Gasteiger partial charge on any atom is -0.320 e. The number of non-ortho nitro benzene ring substituents is 1. The van der Waals surface area contributed by atoms with Crippen LogP contribution in [0, 0.1) is 17.0 Å². The van der Waals surface area contributed by atoms with Crippen molar-refractivity contribution < 1.29 is 18.5 Å². The number of hydrogen-bond acceptors (Lipinski definition) is 5. The number of aromatic nitrogens is 3. The number of halogens is 2. The third-order valence-corrected chi connectivity index (χ3v) is 4.60. The zero-order valence-corrected chi connectivity index (χ0v) is 14.7. The van der Waals surface area contributed by atoms with Crippen LogP contribution in [0.5, 0.6) is 0 Å². The van der Waals surface area contributed by atoms with Crippen LogP contribution >= 0.6 is 0 Å². The highest BCUT2D eigenvalue weighted by molar-refractivity contribution is 6.04.